The van der Waals surface area contributed by atoms with Crippen molar-refractivity contribution < 1.29 is 4.79 Å². The number of aromatic nitrogens is 3. The van der Waals surface area contributed by atoms with Crippen molar-refractivity contribution in [2.75, 3.05) is 57.3 Å². The molecule has 200 valence electrons. The molecule has 0 bridgehead atoms. The average molecular weight is 506 g/mol. The third-order valence-electron chi connectivity index (χ3n) is 9.69. The van der Waals surface area contributed by atoms with Gasteiger partial charge in [-0.25, -0.2) is 15.0 Å². The number of pyridine rings is 1. The molecule has 0 radical (unpaired) electrons. The number of hydrogen-bond donors (Lipinski definition) is 1. The SMILES string of the molecule is Cc1nc(C(=O)NC2CCN(CCN3CC4C(C3)C4(C)C)CC2)nc2ccc(N3CCCCCC3)nc12. The van der Waals surface area contributed by atoms with Gasteiger partial charge in [0.1, 0.15) is 11.3 Å². The number of amides is 1. The van der Waals surface area contributed by atoms with Crippen molar-refractivity contribution in [1.29, 1.82) is 0 Å². The van der Waals surface area contributed by atoms with E-state index in [-0.39, 0.29) is 17.8 Å². The number of rotatable bonds is 6. The molecule has 8 heteroatoms. The summed E-state index contributed by atoms with van der Waals surface area (Å²) in [5.41, 5.74) is 2.90. The molecule has 2 atom stereocenters. The Morgan fingerprint density at radius 2 is 1.59 bits per heavy atom. The van der Waals surface area contributed by atoms with Crippen molar-refractivity contribution in [2.24, 2.45) is 17.3 Å². The number of likely N-dealkylation sites (tertiary alicyclic amines) is 2. The Kier molecular flexibility index (Phi) is 6.82. The van der Waals surface area contributed by atoms with Crippen molar-refractivity contribution in [3.63, 3.8) is 0 Å². The summed E-state index contributed by atoms with van der Waals surface area (Å²) in [4.78, 5) is 34.7. The van der Waals surface area contributed by atoms with Gasteiger partial charge in [0.05, 0.1) is 11.2 Å². The molecule has 2 unspecified atom stereocenters. The van der Waals surface area contributed by atoms with E-state index in [0.29, 0.717) is 5.41 Å². The van der Waals surface area contributed by atoms with Crippen LogP contribution in [0.2, 0.25) is 0 Å². The van der Waals surface area contributed by atoms with Crippen LogP contribution in [-0.2, 0) is 0 Å². The first-order valence-electron chi connectivity index (χ1n) is 14.5. The monoisotopic (exact) mass is 505 g/mol. The second-order valence-corrected chi connectivity index (χ2v) is 12.5. The van der Waals surface area contributed by atoms with E-state index in [2.05, 4.69) is 43.8 Å². The number of carbonyl (C=O) groups excluding carboxylic acids is 1. The van der Waals surface area contributed by atoms with Crippen LogP contribution in [0, 0.1) is 24.2 Å². The van der Waals surface area contributed by atoms with Crippen LogP contribution < -0.4 is 10.2 Å². The second kappa shape index (κ2) is 10.1. The molecule has 2 aromatic heterocycles. The number of nitrogens with zero attached hydrogens (tertiary/aromatic N) is 6. The molecule has 6 rings (SSSR count). The van der Waals surface area contributed by atoms with Crippen LogP contribution in [0.5, 0.6) is 0 Å². The predicted molar refractivity (Wildman–Crippen MR) is 147 cm³/mol. The maximum absolute atomic E-state index is 13.0. The summed E-state index contributed by atoms with van der Waals surface area (Å²) in [5, 5.41) is 3.21. The Bertz CT molecular complexity index is 1120. The van der Waals surface area contributed by atoms with Crippen LogP contribution in [0.25, 0.3) is 11.0 Å². The fourth-order valence-electron chi connectivity index (χ4n) is 6.96. The van der Waals surface area contributed by atoms with E-state index in [0.717, 1.165) is 79.9 Å². The molecular formula is C29H43N7O. The Morgan fingerprint density at radius 3 is 2.30 bits per heavy atom. The quantitative estimate of drug-likeness (QED) is 0.644. The molecule has 1 aliphatic carbocycles. The normalized spacial score (nSPS) is 26.7. The maximum Gasteiger partial charge on any atom is 0.289 e. The molecule has 3 saturated heterocycles. The Balaban J connectivity index is 1.00. The summed E-state index contributed by atoms with van der Waals surface area (Å²) >= 11 is 0. The van der Waals surface area contributed by atoms with Gasteiger partial charge in [-0.05, 0) is 62.0 Å². The number of anilines is 1. The van der Waals surface area contributed by atoms with E-state index in [4.69, 9.17) is 4.98 Å². The molecule has 4 fully saturated rings. The van der Waals surface area contributed by atoms with Gasteiger partial charge < -0.3 is 20.0 Å². The highest BCUT2D eigenvalue weighted by Crippen LogP contribution is 2.61. The highest BCUT2D eigenvalue weighted by Gasteiger charge is 2.61. The molecule has 1 amide bonds. The lowest BCUT2D eigenvalue weighted by atomic mass is 10.0. The molecule has 2 aromatic rings. The first-order chi connectivity index (χ1) is 17.9. The number of fused-ring (bicyclic) bond motifs is 2. The van der Waals surface area contributed by atoms with Gasteiger partial charge in [-0.15, -0.1) is 0 Å². The van der Waals surface area contributed by atoms with Crippen LogP contribution in [0.15, 0.2) is 12.1 Å². The number of nitrogens with one attached hydrogen (secondary N) is 1. The second-order valence-electron chi connectivity index (χ2n) is 12.5. The molecule has 37 heavy (non-hydrogen) atoms. The standard InChI is InChI=1S/C29H43N7O/c1-20-26-24(8-9-25(33-26)36-12-6-4-5-7-13-36)32-27(30-20)28(37)31-21-10-14-34(15-11-21)16-17-35-18-22-23(19-35)29(22,2)3/h8-9,21-23H,4-7,10-19H2,1-3H3,(H,31,37). The van der Waals surface area contributed by atoms with Gasteiger partial charge in [-0.3, -0.25) is 4.79 Å². The minimum Gasteiger partial charge on any atom is -0.357 e. The summed E-state index contributed by atoms with van der Waals surface area (Å²) in [5.74, 6) is 2.93. The Morgan fingerprint density at radius 1 is 0.919 bits per heavy atom. The van der Waals surface area contributed by atoms with Crippen molar-refractivity contribution in [2.45, 2.75) is 65.3 Å². The predicted octanol–water partition coefficient (Wildman–Crippen LogP) is 3.50. The molecule has 5 heterocycles. The van der Waals surface area contributed by atoms with Gasteiger partial charge in [0, 0.05) is 58.4 Å². The highest BCUT2D eigenvalue weighted by atomic mass is 16.2. The van der Waals surface area contributed by atoms with E-state index >= 15 is 0 Å². The molecule has 8 nitrogen and oxygen atoms in total. The van der Waals surface area contributed by atoms with Gasteiger partial charge in [-0.1, -0.05) is 26.7 Å². The smallest absolute Gasteiger partial charge is 0.289 e. The van der Waals surface area contributed by atoms with E-state index in [1.165, 1.54) is 45.3 Å². The van der Waals surface area contributed by atoms with Crippen LogP contribution in [0.4, 0.5) is 5.82 Å². The first-order valence-corrected chi connectivity index (χ1v) is 14.5. The van der Waals surface area contributed by atoms with Gasteiger partial charge >= 0.3 is 0 Å². The lowest BCUT2D eigenvalue weighted by Gasteiger charge is -2.33. The molecule has 1 saturated carbocycles. The third kappa shape index (κ3) is 5.19. The summed E-state index contributed by atoms with van der Waals surface area (Å²) in [6, 6.07) is 4.23. The maximum atomic E-state index is 13.0. The van der Waals surface area contributed by atoms with Gasteiger partial charge in [0.15, 0.2) is 0 Å². The molecular weight excluding hydrogens is 462 g/mol. The topological polar surface area (TPSA) is 77.5 Å². The van der Waals surface area contributed by atoms with E-state index in [1.54, 1.807) is 0 Å². The summed E-state index contributed by atoms with van der Waals surface area (Å²) < 4.78 is 0. The van der Waals surface area contributed by atoms with Gasteiger partial charge in [-0.2, -0.15) is 0 Å². The molecule has 3 aliphatic heterocycles. The van der Waals surface area contributed by atoms with Crippen LogP contribution in [-0.4, -0.2) is 89.1 Å². The zero-order valence-electron chi connectivity index (χ0n) is 22.9. The van der Waals surface area contributed by atoms with Crippen molar-refractivity contribution in [1.82, 2.24) is 30.1 Å². The van der Waals surface area contributed by atoms with E-state index in [1.807, 2.05) is 19.1 Å². The van der Waals surface area contributed by atoms with Gasteiger partial charge in [0.2, 0.25) is 5.82 Å². The van der Waals surface area contributed by atoms with E-state index in [9.17, 15) is 4.79 Å². The fraction of sp³-hybridized carbons (Fsp3) is 0.724. The summed E-state index contributed by atoms with van der Waals surface area (Å²) in [7, 11) is 0. The van der Waals surface area contributed by atoms with Crippen LogP contribution >= 0.6 is 0 Å². The molecule has 1 N–H and O–H groups in total. The minimum atomic E-state index is -0.168. The molecule has 4 aliphatic rings. The zero-order valence-corrected chi connectivity index (χ0v) is 22.9. The van der Waals surface area contributed by atoms with Gasteiger partial charge in [0.25, 0.3) is 5.91 Å². The number of carbonyl (C=O) groups is 1. The highest BCUT2D eigenvalue weighted by molar-refractivity contribution is 5.93. The number of hydrogen-bond acceptors (Lipinski definition) is 7. The van der Waals surface area contributed by atoms with Crippen molar-refractivity contribution in [3.05, 3.63) is 23.7 Å². The molecule has 0 spiro atoms. The fourth-order valence-corrected chi connectivity index (χ4v) is 6.96. The summed E-state index contributed by atoms with van der Waals surface area (Å²) in [6.07, 6.45) is 6.98. The summed E-state index contributed by atoms with van der Waals surface area (Å²) in [6.45, 7) is 15.8. The lowest BCUT2D eigenvalue weighted by molar-refractivity contribution is 0.0896. The Labute approximate surface area is 221 Å². The van der Waals surface area contributed by atoms with Crippen LogP contribution in [0.3, 0.4) is 0 Å². The average Bonchev–Trinajstić information content (AvgIpc) is 3.26. The third-order valence-corrected chi connectivity index (χ3v) is 9.69. The number of aryl methyl sites for hydroxylation is 1. The van der Waals surface area contributed by atoms with E-state index < -0.39 is 0 Å². The number of piperidine rings is 2. The van der Waals surface area contributed by atoms with Crippen molar-refractivity contribution >= 4 is 22.8 Å². The molecule has 0 aromatic carbocycles. The minimum absolute atomic E-state index is 0.168. The first kappa shape index (κ1) is 25.0. The Hall–Kier alpha value is -2.32. The lowest BCUT2D eigenvalue weighted by Crippen LogP contribution is -2.46. The zero-order chi connectivity index (χ0) is 25.6. The largest absolute Gasteiger partial charge is 0.357 e. The van der Waals surface area contributed by atoms with Crippen LogP contribution in [0.1, 0.15) is 68.7 Å². The van der Waals surface area contributed by atoms with Crippen molar-refractivity contribution in [3.8, 4) is 0 Å².